The lowest BCUT2D eigenvalue weighted by Gasteiger charge is -2.10. The number of aryl methyl sites for hydroxylation is 2. The molecular weight excluding hydrogens is 369 g/mol. The van der Waals surface area contributed by atoms with E-state index < -0.39 is 0 Å². The summed E-state index contributed by atoms with van der Waals surface area (Å²) in [4.78, 5) is 11.3. The van der Waals surface area contributed by atoms with Gasteiger partial charge in [-0.15, -0.1) is 0 Å². The maximum absolute atomic E-state index is 13.5. The summed E-state index contributed by atoms with van der Waals surface area (Å²) in [5.41, 5.74) is 4.04. The summed E-state index contributed by atoms with van der Waals surface area (Å²) in [6.07, 6.45) is 8.10. The van der Waals surface area contributed by atoms with Crippen molar-refractivity contribution in [3.05, 3.63) is 72.1 Å². The van der Waals surface area contributed by atoms with Crippen molar-refractivity contribution < 1.29 is 9.50 Å². The second kappa shape index (κ2) is 8.18. The van der Waals surface area contributed by atoms with Crippen LogP contribution >= 0.6 is 0 Å². The topological polar surface area (TPSA) is 78.2 Å². The molecule has 7 heteroatoms. The Morgan fingerprint density at radius 1 is 1.28 bits per heavy atom. The number of imidazole rings is 1. The van der Waals surface area contributed by atoms with Crippen molar-refractivity contribution >= 4 is 28.5 Å². The molecule has 0 bridgehead atoms. The Bertz CT molecular complexity index is 1150. The smallest absolute Gasteiger partial charge is 0.198 e. The molecule has 148 valence electrons. The average Bonchev–Trinajstić information content (AvgIpc) is 3.32. The van der Waals surface area contributed by atoms with Gasteiger partial charge in [-0.1, -0.05) is 0 Å². The molecule has 0 atom stereocenters. The lowest BCUT2D eigenvalue weighted by atomic mass is 10.1. The van der Waals surface area contributed by atoms with E-state index >= 15 is 0 Å². The molecule has 0 unspecified atom stereocenters. The van der Waals surface area contributed by atoms with E-state index in [1.165, 1.54) is 12.1 Å². The molecular formula is C22H22FN5O. The van der Waals surface area contributed by atoms with E-state index in [4.69, 9.17) is 0 Å². The molecule has 0 radical (unpaired) electrons. The van der Waals surface area contributed by atoms with E-state index in [2.05, 4.69) is 24.8 Å². The maximum Gasteiger partial charge on any atom is 0.198 e. The van der Waals surface area contributed by atoms with Gasteiger partial charge in [-0.2, -0.15) is 0 Å². The monoisotopic (exact) mass is 391 g/mol. The van der Waals surface area contributed by atoms with Crippen LogP contribution in [0.15, 0.2) is 60.1 Å². The number of halogens is 1. The zero-order chi connectivity index (χ0) is 20.2. The molecule has 3 N–H and O–H groups in total. The normalized spacial score (nSPS) is 11.5. The van der Waals surface area contributed by atoms with Crippen molar-refractivity contribution in [3.63, 3.8) is 0 Å². The molecule has 0 spiro atoms. The van der Waals surface area contributed by atoms with Crippen LogP contribution in [0.25, 0.3) is 10.9 Å². The van der Waals surface area contributed by atoms with Crippen LogP contribution in [0.5, 0.6) is 5.88 Å². The second-order valence-electron chi connectivity index (χ2n) is 6.92. The van der Waals surface area contributed by atoms with Gasteiger partial charge in [-0.05, 0) is 55.3 Å². The number of aromatic hydroxyl groups is 1. The Labute approximate surface area is 167 Å². The van der Waals surface area contributed by atoms with Crippen LogP contribution in [0, 0.1) is 12.7 Å². The molecule has 2 aromatic heterocycles. The Morgan fingerprint density at radius 3 is 2.97 bits per heavy atom. The van der Waals surface area contributed by atoms with Crippen molar-refractivity contribution in [3.8, 4) is 5.88 Å². The Morgan fingerprint density at radius 2 is 2.17 bits per heavy atom. The fraction of sp³-hybridized carbons (Fsp3) is 0.182. The largest absolute Gasteiger partial charge is 0.494 e. The molecule has 2 heterocycles. The third-order valence-corrected chi connectivity index (χ3v) is 4.80. The number of aliphatic imine (C=N–C) groups is 1. The molecule has 0 fully saturated rings. The summed E-state index contributed by atoms with van der Waals surface area (Å²) in [6, 6.07) is 10.2. The predicted molar refractivity (Wildman–Crippen MR) is 114 cm³/mol. The molecule has 0 amide bonds. The first-order chi connectivity index (χ1) is 14.1. The summed E-state index contributed by atoms with van der Waals surface area (Å²) in [7, 11) is 0. The Hall–Kier alpha value is -3.61. The fourth-order valence-corrected chi connectivity index (χ4v) is 3.27. The van der Waals surface area contributed by atoms with Crippen LogP contribution in [0.4, 0.5) is 15.8 Å². The summed E-state index contributed by atoms with van der Waals surface area (Å²) >= 11 is 0. The Balaban J connectivity index is 1.43. The molecule has 0 saturated carbocycles. The maximum atomic E-state index is 13.5. The minimum absolute atomic E-state index is 0.0257. The molecule has 6 nitrogen and oxygen atoms in total. The van der Waals surface area contributed by atoms with Gasteiger partial charge in [-0.25, -0.2) is 9.37 Å². The number of aromatic amines is 1. The third kappa shape index (κ3) is 4.29. The highest BCUT2D eigenvalue weighted by Crippen LogP contribution is 2.28. The van der Waals surface area contributed by atoms with E-state index in [-0.39, 0.29) is 11.7 Å². The van der Waals surface area contributed by atoms with E-state index in [1.807, 2.05) is 37.6 Å². The predicted octanol–water partition coefficient (Wildman–Crippen LogP) is 4.77. The van der Waals surface area contributed by atoms with Gasteiger partial charge >= 0.3 is 0 Å². The zero-order valence-corrected chi connectivity index (χ0v) is 16.1. The van der Waals surface area contributed by atoms with E-state index in [1.54, 1.807) is 18.5 Å². The number of rotatable bonds is 7. The quantitative estimate of drug-likeness (QED) is 0.314. The van der Waals surface area contributed by atoms with Gasteiger partial charge in [0.1, 0.15) is 5.82 Å². The number of H-pyrrole nitrogens is 1. The lowest BCUT2D eigenvalue weighted by molar-refractivity contribution is 0.457. The molecule has 29 heavy (non-hydrogen) atoms. The van der Waals surface area contributed by atoms with Gasteiger partial charge in [0.2, 0.25) is 0 Å². The highest BCUT2D eigenvalue weighted by atomic mass is 19.1. The number of hydrogen-bond donors (Lipinski definition) is 3. The lowest BCUT2D eigenvalue weighted by Crippen LogP contribution is -2.06. The number of fused-ring (bicyclic) bond motifs is 1. The molecule has 0 aliphatic rings. The van der Waals surface area contributed by atoms with Crippen molar-refractivity contribution in [2.24, 2.45) is 4.99 Å². The first-order valence-electron chi connectivity index (χ1n) is 9.45. The molecule has 0 saturated heterocycles. The van der Waals surface area contributed by atoms with Crippen LogP contribution in [0.1, 0.15) is 17.5 Å². The number of hydrogen-bond acceptors (Lipinski definition) is 4. The van der Waals surface area contributed by atoms with Crippen LogP contribution < -0.4 is 5.32 Å². The zero-order valence-electron chi connectivity index (χ0n) is 16.1. The fourth-order valence-electron chi connectivity index (χ4n) is 3.27. The number of nitrogens with one attached hydrogen (secondary N) is 2. The van der Waals surface area contributed by atoms with Gasteiger partial charge in [0, 0.05) is 48.3 Å². The SMILES string of the molecule is Cc1cc(N=Cc2c(O)[nH]c3ccc(F)cc23)ccc1NCCCn1ccnc1. The van der Waals surface area contributed by atoms with Crippen molar-refractivity contribution in [2.45, 2.75) is 19.9 Å². The van der Waals surface area contributed by atoms with Gasteiger partial charge in [0.25, 0.3) is 0 Å². The minimum atomic E-state index is -0.356. The van der Waals surface area contributed by atoms with Crippen LogP contribution in [0.3, 0.4) is 0 Å². The van der Waals surface area contributed by atoms with Crippen molar-refractivity contribution in [1.29, 1.82) is 0 Å². The number of aromatic nitrogens is 3. The summed E-state index contributed by atoms with van der Waals surface area (Å²) in [5, 5.41) is 14.1. The first kappa shape index (κ1) is 18.7. The number of anilines is 1. The van der Waals surface area contributed by atoms with Gasteiger partial charge < -0.3 is 20.0 Å². The van der Waals surface area contributed by atoms with Crippen molar-refractivity contribution in [1.82, 2.24) is 14.5 Å². The van der Waals surface area contributed by atoms with Crippen LogP contribution in [0.2, 0.25) is 0 Å². The van der Waals surface area contributed by atoms with E-state index in [0.29, 0.717) is 16.5 Å². The highest BCUT2D eigenvalue weighted by Gasteiger charge is 2.09. The molecule has 0 aliphatic carbocycles. The molecule has 4 aromatic rings. The van der Waals surface area contributed by atoms with Crippen LogP contribution in [-0.2, 0) is 6.54 Å². The third-order valence-electron chi connectivity index (χ3n) is 4.80. The number of nitrogens with zero attached hydrogens (tertiary/aromatic N) is 3. The summed E-state index contributed by atoms with van der Waals surface area (Å²) in [6.45, 7) is 3.80. The van der Waals surface area contributed by atoms with Gasteiger partial charge in [0.05, 0.1) is 17.6 Å². The molecule has 0 aliphatic heterocycles. The summed E-state index contributed by atoms with van der Waals surface area (Å²) < 4.78 is 15.6. The van der Waals surface area contributed by atoms with Gasteiger partial charge in [0.15, 0.2) is 5.88 Å². The van der Waals surface area contributed by atoms with Crippen LogP contribution in [-0.4, -0.2) is 32.4 Å². The molecule has 2 aromatic carbocycles. The van der Waals surface area contributed by atoms with Crippen molar-refractivity contribution in [2.75, 3.05) is 11.9 Å². The number of benzene rings is 2. The standard InChI is InChI=1S/C22H22FN5O/c1-15-11-17(4-6-20(15)25-7-2-9-28-10-8-24-14-28)26-13-19-18-12-16(23)3-5-21(18)27-22(19)29/h3-6,8,10-14,25,27,29H,2,7,9H2,1H3. The Kier molecular flexibility index (Phi) is 5.29. The summed E-state index contributed by atoms with van der Waals surface area (Å²) in [5.74, 6) is -0.382. The van der Waals surface area contributed by atoms with Gasteiger partial charge in [-0.3, -0.25) is 4.99 Å². The highest BCUT2D eigenvalue weighted by molar-refractivity contribution is 6.02. The average molecular weight is 391 g/mol. The first-order valence-corrected chi connectivity index (χ1v) is 9.45. The molecule has 4 rings (SSSR count). The second-order valence-corrected chi connectivity index (χ2v) is 6.92. The minimum Gasteiger partial charge on any atom is -0.494 e. The van der Waals surface area contributed by atoms with E-state index in [9.17, 15) is 9.50 Å². The van der Waals surface area contributed by atoms with E-state index in [0.717, 1.165) is 36.4 Å².